The van der Waals surface area contributed by atoms with Crippen LogP contribution in [0.5, 0.6) is 0 Å². The third-order valence-electron chi connectivity index (χ3n) is 2.90. The Balaban J connectivity index is 2.54. The molecule has 0 radical (unpaired) electrons. The summed E-state index contributed by atoms with van der Waals surface area (Å²) >= 11 is 0. The lowest BCUT2D eigenvalue weighted by Crippen LogP contribution is -2.08. The van der Waals surface area contributed by atoms with Gasteiger partial charge in [0.1, 0.15) is 0 Å². The van der Waals surface area contributed by atoms with E-state index in [0.29, 0.717) is 5.92 Å². The first kappa shape index (κ1) is 6.24. The molecule has 0 heteroatoms. The molecule has 0 fully saturated rings. The van der Waals surface area contributed by atoms with E-state index in [1.54, 1.807) is 0 Å². The van der Waals surface area contributed by atoms with Gasteiger partial charge in [-0.3, -0.25) is 0 Å². The molecular weight excluding hydrogens is 144 g/mol. The lowest BCUT2D eigenvalue weighted by Gasteiger charge is -2.27. The Hall–Kier alpha value is -1.30. The minimum absolute atomic E-state index is 0.657. The number of benzene rings is 2. The molecule has 2 aromatic carbocycles. The molecule has 0 atom stereocenters. The first-order valence-electron chi connectivity index (χ1n) is 4.39. The maximum Gasteiger partial charge on any atom is 0.00735 e. The molecule has 0 nitrogen and oxygen atoms in total. The zero-order chi connectivity index (χ0) is 8.13. The maximum atomic E-state index is 2.27. The Morgan fingerprint density at radius 3 is 2.08 bits per heavy atom. The lowest BCUT2D eigenvalue weighted by molar-refractivity contribution is 0.896. The Morgan fingerprint density at radius 2 is 1.50 bits per heavy atom. The molecule has 3 rings (SSSR count). The number of rotatable bonds is 0. The minimum atomic E-state index is 0.657. The molecule has 0 heterocycles. The fourth-order valence-corrected chi connectivity index (χ4v) is 2.21. The fraction of sp³-hybridized carbons (Fsp3) is 0.167. The molecule has 1 aliphatic rings. The van der Waals surface area contributed by atoms with Crippen molar-refractivity contribution in [2.75, 3.05) is 0 Å². The normalized spacial score (nSPS) is 14.8. The van der Waals surface area contributed by atoms with Crippen LogP contribution in [-0.2, 0) is 0 Å². The largest absolute Gasteiger partial charge is 0.0613 e. The summed E-state index contributed by atoms with van der Waals surface area (Å²) in [6.45, 7) is 2.27. The molecule has 2 aromatic rings. The molecule has 0 bridgehead atoms. The molecule has 58 valence electrons. The van der Waals surface area contributed by atoms with E-state index in [1.807, 2.05) is 0 Å². The number of hydrogen-bond donors (Lipinski definition) is 0. The highest BCUT2D eigenvalue weighted by Crippen LogP contribution is 2.43. The van der Waals surface area contributed by atoms with Gasteiger partial charge in [-0.25, -0.2) is 0 Å². The van der Waals surface area contributed by atoms with Gasteiger partial charge in [-0.2, -0.15) is 0 Å². The lowest BCUT2D eigenvalue weighted by atomic mass is 9.76. The highest BCUT2D eigenvalue weighted by molar-refractivity contribution is 5.95. The zero-order valence-corrected chi connectivity index (χ0v) is 7.04. The van der Waals surface area contributed by atoms with Gasteiger partial charge in [0.15, 0.2) is 0 Å². The van der Waals surface area contributed by atoms with E-state index >= 15 is 0 Å². The molecular formula is C12H10. The Bertz CT molecular complexity index is 416. The van der Waals surface area contributed by atoms with Gasteiger partial charge in [0.05, 0.1) is 0 Å². The molecule has 0 saturated heterocycles. The van der Waals surface area contributed by atoms with E-state index in [4.69, 9.17) is 0 Å². The van der Waals surface area contributed by atoms with E-state index in [9.17, 15) is 0 Å². The van der Waals surface area contributed by atoms with Gasteiger partial charge in [-0.15, -0.1) is 0 Å². The maximum absolute atomic E-state index is 2.27. The highest BCUT2D eigenvalue weighted by Gasteiger charge is 2.23. The van der Waals surface area contributed by atoms with Crippen molar-refractivity contribution in [1.82, 2.24) is 0 Å². The summed E-state index contributed by atoms with van der Waals surface area (Å²) < 4.78 is 0. The van der Waals surface area contributed by atoms with Crippen LogP contribution in [0.3, 0.4) is 0 Å². The van der Waals surface area contributed by atoms with Crippen molar-refractivity contribution in [2.24, 2.45) is 0 Å². The van der Waals surface area contributed by atoms with Gasteiger partial charge in [-0.05, 0) is 21.9 Å². The summed E-state index contributed by atoms with van der Waals surface area (Å²) in [5.41, 5.74) is 3.03. The Labute approximate surface area is 71.8 Å². The predicted molar refractivity (Wildman–Crippen MR) is 51.5 cm³/mol. The van der Waals surface area contributed by atoms with E-state index in [-0.39, 0.29) is 0 Å². The van der Waals surface area contributed by atoms with E-state index in [0.717, 1.165) is 0 Å². The highest BCUT2D eigenvalue weighted by atomic mass is 14.3. The van der Waals surface area contributed by atoms with Crippen LogP contribution in [-0.4, -0.2) is 0 Å². The van der Waals surface area contributed by atoms with Crippen molar-refractivity contribution < 1.29 is 0 Å². The summed E-state index contributed by atoms with van der Waals surface area (Å²) in [4.78, 5) is 0. The van der Waals surface area contributed by atoms with Gasteiger partial charge >= 0.3 is 0 Å². The molecule has 0 N–H and O–H groups in total. The summed E-state index contributed by atoms with van der Waals surface area (Å²) in [6.07, 6.45) is 0. The van der Waals surface area contributed by atoms with Gasteiger partial charge in [-0.1, -0.05) is 43.3 Å². The summed E-state index contributed by atoms with van der Waals surface area (Å²) in [6, 6.07) is 13.1. The fourth-order valence-electron chi connectivity index (χ4n) is 2.21. The predicted octanol–water partition coefficient (Wildman–Crippen LogP) is 3.31. The van der Waals surface area contributed by atoms with Crippen molar-refractivity contribution in [3.05, 3.63) is 47.5 Å². The quantitative estimate of drug-likeness (QED) is 0.546. The van der Waals surface area contributed by atoms with E-state index in [2.05, 4.69) is 43.3 Å². The summed E-state index contributed by atoms with van der Waals surface area (Å²) in [7, 11) is 0. The Kier molecular flexibility index (Phi) is 0.984. The van der Waals surface area contributed by atoms with Crippen LogP contribution in [0, 0.1) is 0 Å². The average Bonchev–Trinajstić information content (AvgIpc) is 2.16. The second-order valence-corrected chi connectivity index (χ2v) is 3.51. The second-order valence-electron chi connectivity index (χ2n) is 3.51. The molecule has 0 saturated carbocycles. The topological polar surface area (TPSA) is 0 Å². The van der Waals surface area contributed by atoms with E-state index < -0.39 is 0 Å². The van der Waals surface area contributed by atoms with Crippen molar-refractivity contribution in [2.45, 2.75) is 12.8 Å². The zero-order valence-electron chi connectivity index (χ0n) is 7.04. The van der Waals surface area contributed by atoms with Crippen LogP contribution in [0.2, 0.25) is 0 Å². The van der Waals surface area contributed by atoms with Crippen LogP contribution in [0.15, 0.2) is 36.4 Å². The average molecular weight is 154 g/mol. The second kappa shape index (κ2) is 1.89. The van der Waals surface area contributed by atoms with E-state index in [1.165, 1.54) is 21.9 Å². The van der Waals surface area contributed by atoms with Crippen LogP contribution in [0.4, 0.5) is 0 Å². The molecule has 12 heavy (non-hydrogen) atoms. The molecule has 1 aliphatic carbocycles. The summed E-state index contributed by atoms with van der Waals surface area (Å²) in [5.74, 6) is 0.657. The Morgan fingerprint density at radius 1 is 0.917 bits per heavy atom. The van der Waals surface area contributed by atoms with Crippen LogP contribution >= 0.6 is 0 Å². The first-order valence-corrected chi connectivity index (χ1v) is 4.39. The molecule has 0 aliphatic heterocycles. The SMILES string of the molecule is CC1c2cccc3cccc1c23. The van der Waals surface area contributed by atoms with Crippen molar-refractivity contribution in [3.63, 3.8) is 0 Å². The molecule has 0 aromatic heterocycles. The van der Waals surface area contributed by atoms with Crippen LogP contribution in [0.1, 0.15) is 24.0 Å². The molecule has 0 amide bonds. The summed E-state index contributed by atoms with van der Waals surface area (Å²) in [5, 5.41) is 2.88. The van der Waals surface area contributed by atoms with Crippen molar-refractivity contribution >= 4 is 10.8 Å². The van der Waals surface area contributed by atoms with Gasteiger partial charge in [0, 0.05) is 5.92 Å². The third-order valence-corrected chi connectivity index (χ3v) is 2.90. The first-order chi connectivity index (χ1) is 5.88. The molecule has 0 unspecified atom stereocenters. The van der Waals surface area contributed by atoms with Crippen molar-refractivity contribution in [3.8, 4) is 0 Å². The molecule has 0 spiro atoms. The smallest absolute Gasteiger partial charge is 0.00735 e. The monoisotopic (exact) mass is 154 g/mol. The van der Waals surface area contributed by atoms with Crippen molar-refractivity contribution in [1.29, 1.82) is 0 Å². The van der Waals surface area contributed by atoms with Gasteiger partial charge < -0.3 is 0 Å². The standard InChI is InChI=1S/C12H10/c1-8-10-6-2-4-9-5-3-7-11(8)12(9)10/h2-8H,1H3. The minimum Gasteiger partial charge on any atom is -0.0613 e. The number of hydrogen-bond acceptors (Lipinski definition) is 0. The van der Waals surface area contributed by atoms with Crippen LogP contribution in [0.25, 0.3) is 10.8 Å². The van der Waals surface area contributed by atoms with Gasteiger partial charge in [0.2, 0.25) is 0 Å². The third kappa shape index (κ3) is 0.547. The van der Waals surface area contributed by atoms with Crippen LogP contribution < -0.4 is 0 Å². The van der Waals surface area contributed by atoms with Gasteiger partial charge in [0.25, 0.3) is 0 Å².